The lowest BCUT2D eigenvalue weighted by Crippen LogP contribution is -2.28. The Morgan fingerprint density at radius 2 is 1.77 bits per heavy atom. The first-order valence-corrected chi connectivity index (χ1v) is 9.41. The molecule has 1 heterocycles. The van der Waals surface area contributed by atoms with Gasteiger partial charge in [0.05, 0.1) is 18.6 Å². The van der Waals surface area contributed by atoms with Gasteiger partial charge in [0, 0.05) is 20.4 Å². The highest BCUT2D eigenvalue weighted by Gasteiger charge is 2.43. The summed E-state index contributed by atoms with van der Waals surface area (Å²) in [5, 5.41) is 6.03. The lowest BCUT2D eigenvalue weighted by atomic mass is 9.88. The summed E-state index contributed by atoms with van der Waals surface area (Å²) in [6.45, 7) is 0. The molecule has 0 bridgehead atoms. The minimum atomic E-state index is -3.70. The maximum Gasteiger partial charge on any atom is 0.377 e. The zero-order chi connectivity index (χ0) is 18.7. The van der Waals surface area contributed by atoms with Gasteiger partial charge in [-0.3, -0.25) is 9.99 Å². The molecule has 1 aliphatic rings. The fourth-order valence-corrected chi connectivity index (χ4v) is 4.34. The molecule has 1 N–H and O–H groups in total. The first-order chi connectivity index (χ1) is 12.6. The van der Waals surface area contributed by atoms with Crippen molar-refractivity contribution in [1.29, 1.82) is 0 Å². The van der Waals surface area contributed by atoms with E-state index in [-0.39, 0.29) is 11.0 Å². The Morgan fingerprint density at radius 1 is 1.08 bits per heavy atom. The summed E-state index contributed by atoms with van der Waals surface area (Å²) in [6.07, 6.45) is 1.44. The van der Waals surface area contributed by atoms with Crippen molar-refractivity contribution in [3.8, 4) is 0 Å². The molecular weight excluding hydrogens is 355 g/mol. The van der Waals surface area contributed by atoms with Crippen LogP contribution in [0.25, 0.3) is 10.8 Å². The molecule has 0 unspecified atom stereocenters. The van der Waals surface area contributed by atoms with E-state index in [1.54, 1.807) is 0 Å². The number of esters is 1. The zero-order valence-corrected chi connectivity index (χ0v) is 15.5. The molecule has 1 atom stereocenters. The second-order valence-corrected chi connectivity index (χ2v) is 7.74. The summed E-state index contributed by atoms with van der Waals surface area (Å²) in [5.74, 6) is -1.29. The topological polar surface area (TPSA) is 86.2 Å². The summed E-state index contributed by atoms with van der Waals surface area (Å²) in [6, 6.07) is 13.4. The van der Waals surface area contributed by atoms with E-state index in [1.807, 2.05) is 42.5 Å². The minimum absolute atomic E-state index is 0.0988. The van der Waals surface area contributed by atoms with E-state index in [9.17, 15) is 9.36 Å². The third kappa shape index (κ3) is 3.05. The van der Waals surface area contributed by atoms with Crippen LogP contribution in [0.2, 0.25) is 0 Å². The van der Waals surface area contributed by atoms with Gasteiger partial charge >= 0.3 is 13.6 Å². The molecule has 8 heteroatoms. The SMILES string of the molecule is COC(=O)C1=CNN=C(P(=O)(OC)OC)[C@@H]1c1cccc2ccccc12. The fraction of sp³-hybridized carbons (Fsp3) is 0.222. The molecule has 0 saturated heterocycles. The number of nitrogens with one attached hydrogen (secondary N) is 1. The van der Waals surface area contributed by atoms with Crippen molar-refractivity contribution in [3.05, 3.63) is 59.8 Å². The van der Waals surface area contributed by atoms with Crippen molar-refractivity contribution in [3.63, 3.8) is 0 Å². The first kappa shape index (κ1) is 18.3. The van der Waals surface area contributed by atoms with Gasteiger partial charge in [0.1, 0.15) is 0 Å². The van der Waals surface area contributed by atoms with Gasteiger partial charge in [-0.1, -0.05) is 42.5 Å². The van der Waals surface area contributed by atoms with Crippen LogP contribution in [0.5, 0.6) is 0 Å². The van der Waals surface area contributed by atoms with Crippen molar-refractivity contribution in [2.45, 2.75) is 5.92 Å². The van der Waals surface area contributed by atoms with E-state index in [1.165, 1.54) is 27.5 Å². The Hall–Kier alpha value is -2.47. The standard InChI is InChI=1S/C18H19N2O5P/c1-23-18(21)15-11-19-20-17(26(22,24-2)25-3)16(15)14-10-6-8-12-7-4-5-9-13(12)14/h4-11,16,19H,1-3H3/t16-/m1/s1. The van der Waals surface area contributed by atoms with Crippen molar-refractivity contribution >= 4 is 29.8 Å². The maximum absolute atomic E-state index is 13.1. The summed E-state index contributed by atoms with van der Waals surface area (Å²) in [4.78, 5) is 12.4. The first-order valence-electron chi connectivity index (χ1n) is 7.87. The van der Waals surface area contributed by atoms with Gasteiger partial charge in [-0.2, -0.15) is 5.10 Å². The normalized spacial score (nSPS) is 17.3. The molecule has 0 aromatic heterocycles. The molecular formula is C18H19N2O5P. The Labute approximate surface area is 151 Å². The number of ether oxygens (including phenoxy) is 1. The van der Waals surface area contributed by atoms with Crippen LogP contribution in [-0.2, 0) is 23.1 Å². The second kappa shape index (κ2) is 7.41. The van der Waals surface area contributed by atoms with Crippen LogP contribution >= 0.6 is 7.60 Å². The van der Waals surface area contributed by atoms with E-state index < -0.39 is 19.5 Å². The molecule has 0 saturated carbocycles. The van der Waals surface area contributed by atoms with Crippen LogP contribution in [0.15, 0.2) is 59.3 Å². The summed E-state index contributed by atoms with van der Waals surface area (Å²) < 4.78 is 28.3. The second-order valence-electron chi connectivity index (χ2n) is 5.55. The summed E-state index contributed by atoms with van der Waals surface area (Å²) >= 11 is 0. The number of carbonyl (C=O) groups is 1. The number of methoxy groups -OCH3 is 1. The van der Waals surface area contributed by atoms with E-state index in [0.717, 1.165) is 16.3 Å². The van der Waals surface area contributed by atoms with Crippen LogP contribution in [-0.4, -0.2) is 32.8 Å². The van der Waals surface area contributed by atoms with E-state index in [2.05, 4.69) is 10.5 Å². The Balaban J connectivity index is 2.26. The highest BCUT2D eigenvalue weighted by Crippen LogP contribution is 2.55. The fourth-order valence-electron chi connectivity index (χ4n) is 3.04. The molecule has 0 amide bonds. The molecule has 0 spiro atoms. The third-order valence-corrected chi connectivity index (χ3v) is 6.17. The van der Waals surface area contributed by atoms with E-state index >= 15 is 0 Å². The quantitative estimate of drug-likeness (QED) is 0.638. The Morgan fingerprint density at radius 3 is 2.46 bits per heavy atom. The number of rotatable bonds is 5. The number of hydrazone groups is 1. The van der Waals surface area contributed by atoms with Crippen molar-refractivity contribution < 1.29 is 23.1 Å². The molecule has 7 nitrogen and oxygen atoms in total. The van der Waals surface area contributed by atoms with Gasteiger partial charge in [0.2, 0.25) is 0 Å². The number of carbonyl (C=O) groups excluding carboxylic acids is 1. The van der Waals surface area contributed by atoms with Gasteiger partial charge in [0.15, 0.2) is 5.45 Å². The van der Waals surface area contributed by atoms with Crippen LogP contribution in [0.1, 0.15) is 11.5 Å². The average molecular weight is 374 g/mol. The number of fused-ring (bicyclic) bond motifs is 1. The molecule has 0 fully saturated rings. The van der Waals surface area contributed by atoms with Gasteiger partial charge < -0.3 is 13.8 Å². The molecule has 2 aromatic carbocycles. The molecule has 1 aliphatic heterocycles. The monoisotopic (exact) mass is 374 g/mol. The minimum Gasteiger partial charge on any atom is -0.466 e. The van der Waals surface area contributed by atoms with Crippen molar-refractivity contribution in [2.24, 2.45) is 5.10 Å². The summed E-state index contributed by atoms with van der Waals surface area (Å²) in [7, 11) is 0.150. The predicted octanol–water partition coefficient (Wildman–Crippen LogP) is 3.38. The number of benzene rings is 2. The van der Waals surface area contributed by atoms with Crippen LogP contribution < -0.4 is 5.43 Å². The van der Waals surface area contributed by atoms with Crippen LogP contribution in [0.3, 0.4) is 0 Å². The van der Waals surface area contributed by atoms with E-state index in [4.69, 9.17) is 13.8 Å². The molecule has 26 heavy (non-hydrogen) atoms. The van der Waals surface area contributed by atoms with Crippen molar-refractivity contribution in [1.82, 2.24) is 5.43 Å². The van der Waals surface area contributed by atoms with Gasteiger partial charge in [0.25, 0.3) is 0 Å². The van der Waals surface area contributed by atoms with E-state index in [0.29, 0.717) is 0 Å². The number of hydrogen-bond donors (Lipinski definition) is 1. The molecule has 0 aliphatic carbocycles. The molecule has 0 radical (unpaired) electrons. The Kier molecular flexibility index (Phi) is 5.23. The largest absolute Gasteiger partial charge is 0.466 e. The highest BCUT2D eigenvalue weighted by molar-refractivity contribution is 7.72. The molecule has 3 rings (SSSR count). The van der Waals surface area contributed by atoms with Crippen molar-refractivity contribution in [2.75, 3.05) is 21.3 Å². The maximum atomic E-state index is 13.1. The van der Waals surface area contributed by atoms with Crippen LogP contribution in [0, 0.1) is 0 Å². The highest BCUT2D eigenvalue weighted by atomic mass is 31.2. The van der Waals surface area contributed by atoms with Gasteiger partial charge in [-0.05, 0) is 16.3 Å². The predicted molar refractivity (Wildman–Crippen MR) is 99.0 cm³/mol. The number of hydrogen-bond acceptors (Lipinski definition) is 7. The molecule has 2 aromatic rings. The van der Waals surface area contributed by atoms with Gasteiger partial charge in [-0.25, -0.2) is 4.79 Å². The van der Waals surface area contributed by atoms with Gasteiger partial charge in [-0.15, -0.1) is 0 Å². The Bertz CT molecular complexity index is 940. The average Bonchev–Trinajstić information content (AvgIpc) is 2.71. The molecule has 136 valence electrons. The zero-order valence-electron chi connectivity index (χ0n) is 14.6. The third-order valence-electron chi connectivity index (χ3n) is 4.29. The smallest absolute Gasteiger partial charge is 0.377 e. The lowest BCUT2D eigenvalue weighted by molar-refractivity contribution is -0.136. The van der Waals surface area contributed by atoms with Crippen LogP contribution in [0.4, 0.5) is 0 Å². The number of nitrogens with zero attached hydrogens (tertiary/aromatic N) is 1. The summed E-state index contributed by atoms with van der Waals surface area (Å²) in [5.41, 5.74) is 3.74. The lowest BCUT2D eigenvalue weighted by Gasteiger charge is -2.28.